The molecule has 0 bridgehead atoms. The quantitative estimate of drug-likeness (QED) is 0.785. The van der Waals surface area contributed by atoms with E-state index in [1.807, 2.05) is 16.3 Å². The summed E-state index contributed by atoms with van der Waals surface area (Å²) in [4.78, 5) is 2.05. The third-order valence-electron chi connectivity index (χ3n) is 3.61. The van der Waals surface area contributed by atoms with Gasteiger partial charge in [-0.25, -0.2) is 4.39 Å². The number of hydrogen-bond acceptors (Lipinski definition) is 6. The van der Waals surface area contributed by atoms with Crippen LogP contribution in [0.2, 0.25) is 5.02 Å². The second-order valence-electron chi connectivity index (χ2n) is 5.03. The number of H-pyrrole nitrogens is 1. The number of halogens is 2. The standard InChI is InChI=1S/C14H11ClFN5OS/c15-9-5-10-13(11(12(9)16)14-17-19-20-18-14)21(2-3-22-10)6-8-1-4-23-7-8/h1,4-5,7H,2-3,6H2,(H,17,18,19,20). The van der Waals surface area contributed by atoms with E-state index >= 15 is 0 Å². The molecule has 0 atom stereocenters. The molecular formula is C14H11ClFN5OS. The highest BCUT2D eigenvalue weighted by Gasteiger charge is 2.29. The number of benzene rings is 1. The number of nitrogens with zero attached hydrogens (tertiary/aromatic N) is 4. The summed E-state index contributed by atoms with van der Waals surface area (Å²) in [6.07, 6.45) is 0. The largest absolute Gasteiger partial charge is 0.489 e. The molecule has 2 aromatic heterocycles. The molecule has 118 valence electrons. The highest BCUT2D eigenvalue weighted by molar-refractivity contribution is 7.07. The topological polar surface area (TPSA) is 66.9 Å². The minimum atomic E-state index is -0.576. The van der Waals surface area contributed by atoms with E-state index in [9.17, 15) is 4.39 Å². The van der Waals surface area contributed by atoms with E-state index in [1.165, 1.54) is 6.07 Å². The van der Waals surface area contributed by atoms with Gasteiger partial charge in [0.1, 0.15) is 12.4 Å². The number of thiophene rings is 1. The highest BCUT2D eigenvalue weighted by atomic mass is 35.5. The van der Waals surface area contributed by atoms with Crippen LogP contribution in [0, 0.1) is 5.82 Å². The first-order chi connectivity index (χ1) is 11.2. The van der Waals surface area contributed by atoms with E-state index in [1.54, 1.807) is 11.3 Å². The zero-order valence-corrected chi connectivity index (χ0v) is 13.4. The third-order valence-corrected chi connectivity index (χ3v) is 4.62. The molecule has 9 heteroatoms. The highest BCUT2D eigenvalue weighted by Crippen LogP contribution is 2.44. The molecule has 4 rings (SSSR count). The summed E-state index contributed by atoms with van der Waals surface area (Å²) in [5, 5.41) is 17.7. The Labute approximate surface area is 139 Å². The fourth-order valence-corrected chi connectivity index (χ4v) is 3.48. The number of anilines is 1. The Balaban J connectivity index is 1.87. The number of hydrogen-bond donors (Lipinski definition) is 1. The van der Waals surface area contributed by atoms with Gasteiger partial charge in [0.05, 0.1) is 22.8 Å². The summed E-state index contributed by atoms with van der Waals surface area (Å²) in [6.45, 7) is 1.78. The second kappa shape index (κ2) is 5.78. The molecule has 6 nitrogen and oxygen atoms in total. The van der Waals surface area contributed by atoms with Crippen LogP contribution >= 0.6 is 22.9 Å². The molecule has 0 amide bonds. The van der Waals surface area contributed by atoms with Crippen molar-refractivity contribution >= 4 is 28.6 Å². The first kappa shape index (κ1) is 14.4. The van der Waals surface area contributed by atoms with Crippen LogP contribution in [0.25, 0.3) is 11.4 Å². The van der Waals surface area contributed by atoms with Crippen LogP contribution in [0.4, 0.5) is 10.1 Å². The number of nitrogens with one attached hydrogen (secondary N) is 1. The van der Waals surface area contributed by atoms with E-state index in [2.05, 4.69) is 26.0 Å². The molecule has 0 saturated heterocycles. The fourth-order valence-electron chi connectivity index (χ4n) is 2.63. The fraction of sp³-hybridized carbons (Fsp3) is 0.214. The van der Waals surface area contributed by atoms with Crippen LogP contribution in [0.15, 0.2) is 22.9 Å². The Morgan fingerprint density at radius 2 is 2.39 bits per heavy atom. The van der Waals surface area contributed by atoms with Crippen molar-refractivity contribution < 1.29 is 9.13 Å². The molecule has 0 fully saturated rings. The molecule has 0 radical (unpaired) electrons. The summed E-state index contributed by atoms with van der Waals surface area (Å²) < 4.78 is 20.3. The van der Waals surface area contributed by atoms with Gasteiger partial charge in [0.25, 0.3) is 0 Å². The van der Waals surface area contributed by atoms with Gasteiger partial charge < -0.3 is 9.64 Å². The molecule has 0 unspecified atom stereocenters. The summed E-state index contributed by atoms with van der Waals surface area (Å²) in [6, 6.07) is 3.54. The van der Waals surface area contributed by atoms with Crippen LogP contribution in [0.5, 0.6) is 5.75 Å². The number of aromatic nitrogens is 4. The van der Waals surface area contributed by atoms with Crippen LogP contribution in [0.1, 0.15) is 5.56 Å². The Bertz CT molecular complexity index is 824. The van der Waals surface area contributed by atoms with Gasteiger partial charge in [0.2, 0.25) is 5.82 Å². The van der Waals surface area contributed by atoms with E-state index in [0.29, 0.717) is 31.1 Å². The Morgan fingerprint density at radius 3 is 3.13 bits per heavy atom. The molecule has 3 heterocycles. The summed E-state index contributed by atoms with van der Waals surface area (Å²) in [5.41, 5.74) is 1.96. The van der Waals surface area contributed by atoms with Gasteiger partial charge in [-0.2, -0.15) is 16.6 Å². The van der Waals surface area contributed by atoms with Crippen molar-refractivity contribution in [2.24, 2.45) is 0 Å². The molecule has 1 aliphatic heterocycles. The summed E-state index contributed by atoms with van der Waals surface area (Å²) in [7, 11) is 0. The van der Waals surface area contributed by atoms with Gasteiger partial charge in [-0.1, -0.05) is 11.6 Å². The number of fused-ring (bicyclic) bond motifs is 1. The van der Waals surface area contributed by atoms with Gasteiger partial charge >= 0.3 is 0 Å². The lowest BCUT2D eigenvalue weighted by Gasteiger charge is -2.32. The zero-order chi connectivity index (χ0) is 15.8. The predicted octanol–water partition coefficient (Wildman–Crippen LogP) is 3.12. The Hall–Kier alpha value is -2.19. The summed E-state index contributed by atoms with van der Waals surface area (Å²) >= 11 is 7.62. The number of ether oxygens (including phenoxy) is 1. The van der Waals surface area contributed by atoms with Gasteiger partial charge in [-0.05, 0) is 27.6 Å². The maximum absolute atomic E-state index is 14.7. The van der Waals surface area contributed by atoms with Crippen LogP contribution in [-0.2, 0) is 6.54 Å². The molecule has 0 aliphatic carbocycles. The van der Waals surface area contributed by atoms with Crippen LogP contribution < -0.4 is 9.64 Å². The van der Waals surface area contributed by atoms with Crippen molar-refractivity contribution in [3.63, 3.8) is 0 Å². The van der Waals surface area contributed by atoms with Crippen LogP contribution in [0.3, 0.4) is 0 Å². The van der Waals surface area contributed by atoms with Crippen molar-refractivity contribution in [3.05, 3.63) is 39.3 Å². The molecule has 3 aromatic rings. The second-order valence-corrected chi connectivity index (χ2v) is 6.22. The lowest BCUT2D eigenvalue weighted by atomic mass is 10.1. The molecule has 1 aromatic carbocycles. The average molecular weight is 352 g/mol. The smallest absolute Gasteiger partial charge is 0.209 e. The van der Waals surface area contributed by atoms with Crippen molar-refractivity contribution in [2.45, 2.75) is 6.54 Å². The lowest BCUT2D eigenvalue weighted by molar-refractivity contribution is 0.306. The van der Waals surface area contributed by atoms with Gasteiger partial charge in [0, 0.05) is 12.6 Å². The lowest BCUT2D eigenvalue weighted by Crippen LogP contribution is -2.33. The predicted molar refractivity (Wildman–Crippen MR) is 85.4 cm³/mol. The van der Waals surface area contributed by atoms with Crippen molar-refractivity contribution in [2.75, 3.05) is 18.1 Å². The Morgan fingerprint density at radius 1 is 1.48 bits per heavy atom. The van der Waals surface area contributed by atoms with Gasteiger partial charge in [0.15, 0.2) is 5.82 Å². The van der Waals surface area contributed by atoms with Crippen molar-refractivity contribution in [1.29, 1.82) is 0 Å². The van der Waals surface area contributed by atoms with E-state index < -0.39 is 5.82 Å². The monoisotopic (exact) mass is 351 g/mol. The van der Waals surface area contributed by atoms with Gasteiger partial charge in [-0.15, -0.1) is 10.2 Å². The minimum absolute atomic E-state index is 0.0269. The van der Waals surface area contributed by atoms with E-state index in [4.69, 9.17) is 16.3 Å². The molecule has 23 heavy (non-hydrogen) atoms. The van der Waals surface area contributed by atoms with Crippen LogP contribution in [-0.4, -0.2) is 33.8 Å². The van der Waals surface area contributed by atoms with E-state index in [-0.39, 0.29) is 16.4 Å². The van der Waals surface area contributed by atoms with Crippen molar-refractivity contribution in [3.8, 4) is 17.1 Å². The normalized spacial score (nSPS) is 13.7. The average Bonchev–Trinajstić information content (AvgIpc) is 3.22. The number of aromatic amines is 1. The zero-order valence-electron chi connectivity index (χ0n) is 11.8. The SMILES string of the molecule is Fc1c(Cl)cc2c(c1-c1nn[nH]n1)N(Cc1ccsc1)CCO2. The maximum atomic E-state index is 14.7. The molecule has 1 N–H and O–H groups in total. The minimum Gasteiger partial charge on any atom is -0.489 e. The molecule has 1 aliphatic rings. The van der Waals surface area contributed by atoms with Crippen molar-refractivity contribution in [1.82, 2.24) is 20.6 Å². The molecule has 0 saturated carbocycles. The first-order valence-electron chi connectivity index (χ1n) is 6.88. The molecular weight excluding hydrogens is 341 g/mol. The number of rotatable bonds is 3. The summed E-state index contributed by atoms with van der Waals surface area (Å²) in [5.74, 6) is 0.104. The maximum Gasteiger partial charge on any atom is 0.209 e. The Kier molecular flexibility index (Phi) is 3.62. The number of tetrazole rings is 1. The third kappa shape index (κ3) is 2.53. The first-order valence-corrected chi connectivity index (χ1v) is 8.21. The van der Waals surface area contributed by atoms with E-state index in [0.717, 1.165) is 5.56 Å². The molecule has 0 spiro atoms. The van der Waals surface area contributed by atoms with Gasteiger partial charge in [-0.3, -0.25) is 0 Å².